The van der Waals surface area contributed by atoms with E-state index in [0.717, 1.165) is 15.8 Å². The van der Waals surface area contributed by atoms with Crippen LogP contribution in [0.15, 0.2) is 22.7 Å². The summed E-state index contributed by atoms with van der Waals surface area (Å²) >= 11 is 3.45. The van der Waals surface area contributed by atoms with Gasteiger partial charge in [-0.2, -0.15) is 0 Å². The van der Waals surface area contributed by atoms with Crippen molar-refractivity contribution in [1.29, 1.82) is 0 Å². The maximum absolute atomic E-state index is 10.2. The molecule has 1 aliphatic rings. The summed E-state index contributed by atoms with van der Waals surface area (Å²) in [7, 11) is 3.32. The van der Waals surface area contributed by atoms with Gasteiger partial charge in [0.1, 0.15) is 5.75 Å². The van der Waals surface area contributed by atoms with Crippen LogP contribution in [0.25, 0.3) is 0 Å². The highest BCUT2D eigenvalue weighted by atomic mass is 79.9. The Morgan fingerprint density at radius 2 is 2.11 bits per heavy atom. The number of hydrogen-bond donors (Lipinski definition) is 1. The Hall–Kier alpha value is -0.580. The highest BCUT2D eigenvalue weighted by molar-refractivity contribution is 9.10. The molecule has 1 aromatic carbocycles. The molecular weight excluding hydrogens is 296 g/mol. The fraction of sp³-hybridized carbons (Fsp3) is 0.571. The molecule has 0 radical (unpaired) electrons. The minimum atomic E-state index is -0.442. The van der Waals surface area contributed by atoms with Crippen LogP contribution in [-0.4, -0.2) is 31.5 Å². The van der Waals surface area contributed by atoms with Crippen molar-refractivity contribution in [2.24, 2.45) is 5.92 Å². The van der Waals surface area contributed by atoms with Gasteiger partial charge in [0.15, 0.2) is 0 Å². The average Bonchev–Trinajstić information content (AvgIpc) is 3.15. The minimum Gasteiger partial charge on any atom is -0.496 e. The first kappa shape index (κ1) is 13.8. The van der Waals surface area contributed by atoms with Crippen LogP contribution in [0.5, 0.6) is 5.75 Å². The zero-order chi connectivity index (χ0) is 13.1. The van der Waals surface area contributed by atoms with Crippen LogP contribution in [0.3, 0.4) is 0 Å². The lowest BCUT2D eigenvalue weighted by Crippen LogP contribution is -2.31. The van der Waals surface area contributed by atoms with E-state index >= 15 is 0 Å². The predicted molar refractivity (Wildman–Crippen MR) is 73.9 cm³/mol. The second kappa shape index (κ2) is 6.04. The van der Waals surface area contributed by atoms with E-state index in [1.54, 1.807) is 14.2 Å². The topological polar surface area (TPSA) is 38.7 Å². The fourth-order valence-corrected chi connectivity index (χ4v) is 2.87. The van der Waals surface area contributed by atoms with Gasteiger partial charge in [0, 0.05) is 13.5 Å². The summed E-state index contributed by atoms with van der Waals surface area (Å²) in [5.74, 6) is 1.34. The molecule has 0 aromatic heterocycles. The Bertz CT molecular complexity index is 404. The molecule has 0 amide bonds. The lowest BCUT2D eigenvalue weighted by molar-refractivity contribution is -0.0237. The van der Waals surface area contributed by atoms with Gasteiger partial charge in [-0.3, -0.25) is 0 Å². The standard InChI is InChI=1S/C14H19BrO3/c1-17-13-6-3-9(7-11(13)15)8-12(16)14(18-2)10-4-5-10/h3,6-7,10,12,14,16H,4-5,8H2,1-2H3. The normalized spacial score (nSPS) is 18.4. The van der Waals surface area contributed by atoms with Crippen molar-refractivity contribution in [3.8, 4) is 5.75 Å². The van der Waals surface area contributed by atoms with Crippen LogP contribution in [0.1, 0.15) is 18.4 Å². The quantitative estimate of drug-likeness (QED) is 0.877. The third-order valence-corrected chi connectivity index (χ3v) is 4.02. The summed E-state index contributed by atoms with van der Waals surface area (Å²) in [6.07, 6.45) is 2.47. The molecule has 0 heterocycles. The fourth-order valence-electron chi connectivity index (χ4n) is 2.28. The van der Waals surface area contributed by atoms with Gasteiger partial charge in [0.2, 0.25) is 0 Å². The summed E-state index contributed by atoms with van der Waals surface area (Å²) in [6, 6.07) is 5.87. The van der Waals surface area contributed by atoms with Gasteiger partial charge in [0.05, 0.1) is 23.8 Å². The molecule has 1 aliphatic carbocycles. The third kappa shape index (κ3) is 3.25. The molecule has 1 aromatic rings. The molecule has 2 atom stereocenters. The molecular formula is C14H19BrO3. The maximum Gasteiger partial charge on any atom is 0.133 e. The van der Waals surface area contributed by atoms with Crippen molar-refractivity contribution in [2.45, 2.75) is 31.5 Å². The van der Waals surface area contributed by atoms with E-state index in [1.165, 1.54) is 12.8 Å². The summed E-state index contributed by atoms with van der Waals surface area (Å²) in [5.41, 5.74) is 1.08. The minimum absolute atomic E-state index is 0.0362. The molecule has 2 rings (SSSR count). The lowest BCUT2D eigenvalue weighted by Gasteiger charge is -2.21. The lowest BCUT2D eigenvalue weighted by atomic mass is 10.0. The van der Waals surface area contributed by atoms with Crippen molar-refractivity contribution >= 4 is 15.9 Å². The zero-order valence-electron chi connectivity index (χ0n) is 10.7. The van der Waals surface area contributed by atoms with Gasteiger partial charge in [-0.25, -0.2) is 0 Å². The van der Waals surface area contributed by atoms with E-state index in [0.29, 0.717) is 12.3 Å². The third-order valence-electron chi connectivity index (χ3n) is 3.40. The molecule has 1 fully saturated rings. The van der Waals surface area contributed by atoms with E-state index in [-0.39, 0.29) is 6.10 Å². The van der Waals surface area contributed by atoms with Gasteiger partial charge < -0.3 is 14.6 Å². The highest BCUT2D eigenvalue weighted by Crippen LogP contribution is 2.36. The van der Waals surface area contributed by atoms with Gasteiger partial charge in [-0.05, 0) is 52.4 Å². The van der Waals surface area contributed by atoms with Crippen molar-refractivity contribution < 1.29 is 14.6 Å². The molecule has 1 N–H and O–H groups in total. The molecule has 0 aliphatic heterocycles. The summed E-state index contributed by atoms with van der Waals surface area (Å²) in [4.78, 5) is 0. The van der Waals surface area contributed by atoms with Crippen LogP contribution >= 0.6 is 15.9 Å². The van der Waals surface area contributed by atoms with E-state index in [1.807, 2.05) is 18.2 Å². The molecule has 1 saturated carbocycles. The first-order valence-corrected chi connectivity index (χ1v) is 6.98. The first-order chi connectivity index (χ1) is 8.65. The van der Waals surface area contributed by atoms with E-state index < -0.39 is 6.10 Å². The number of methoxy groups -OCH3 is 2. The van der Waals surface area contributed by atoms with Gasteiger partial charge >= 0.3 is 0 Å². The zero-order valence-corrected chi connectivity index (χ0v) is 12.3. The second-order valence-corrected chi connectivity index (χ2v) is 5.63. The number of aliphatic hydroxyl groups is 1. The van der Waals surface area contributed by atoms with Crippen molar-refractivity contribution in [3.05, 3.63) is 28.2 Å². The van der Waals surface area contributed by atoms with Crippen molar-refractivity contribution in [3.63, 3.8) is 0 Å². The summed E-state index contributed by atoms with van der Waals surface area (Å²) < 4.78 is 11.5. The first-order valence-electron chi connectivity index (χ1n) is 6.19. The predicted octanol–water partition coefficient (Wildman–Crippen LogP) is 2.79. The number of hydrogen-bond acceptors (Lipinski definition) is 3. The molecule has 0 saturated heterocycles. The van der Waals surface area contributed by atoms with Crippen LogP contribution in [0, 0.1) is 5.92 Å². The molecule has 0 bridgehead atoms. The van der Waals surface area contributed by atoms with Crippen molar-refractivity contribution in [2.75, 3.05) is 14.2 Å². The summed E-state index contributed by atoms with van der Waals surface area (Å²) in [6.45, 7) is 0. The largest absolute Gasteiger partial charge is 0.496 e. The molecule has 4 heteroatoms. The van der Waals surface area contributed by atoms with Gasteiger partial charge in [0.25, 0.3) is 0 Å². The average molecular weight is 315 g/mol. The molecule has 18 heavy (non-hydrogen) atoms. The molecule has 3 nitrogen and oxygen atoms in total. The number of aliphatic hydroxyl groups excluding tert-OH is 1. The van der Waals surface area contributed by atoms with E-state index in [9.17, 15) is 5.11 Å². The smallest absolute Gasteiger partial charge is 0.133 e. The monoisotopic (exact) mass is 314 g/mol. The Labute approximate surface area is 116 Å². The Morgan fingerprint density at radius 1 is 1.39 bits per heavy atom. The van der Waals surface area contributed by atoms with E-state index in [4.69, 9.17) is 9.47 Å². The maximum atomic E-state index is 10.2. The molecule has 100 valence electrons. The van der Waals surface area contributed by atoms with Crippen LogP contribution in [0.2, 0.25) is 0 Å². The Balaban J connectivity index is 2.01. The van der Waals surface area contributed by atoms with Crippen molar-refractivity contribution in [1.82, 2.24) is 0 Å². The number of ether oxygens (including phenoxy) is 2. The second-order valence-electron chi connectivity index (χ2n) is 4.78. The Kier molecular flexibility index (Phi) is 4.65. The highest BCUT2D eigenvalue weighted by Gasteiger charge is 2.36. The Morgan fingerprint density at radius 3 is 2.61 bits per heavy atom. The summed E-state index contributed by atoms with van der Waals surface area (Å²) in [5, 5.41) is 10.2. The number of halogens is 1. The van der Waals surface area contributed by atoms with Crippen LogP contribution in [-0.2, 0) is 11.2 Å². The number of benzene rings is 1. The van der Waals surface area contributed by atoms with Crippen LogP contribution in [0.4, 0.5) is 0 Å². The SMILES string of the molecule is COc1ccc(CC(O)C(OC)C2CC2)cc1Br. The van der Waals surface area contributed by atoms with Gasteiger partial charge in [-0.1, -0.05) is 6.07 Å². The van der Waals surface area contributed by atoms with Gasteiger partial charge in [-0.15, -0.1) is 0 Å². The number of rotatable bonds is 6. The van der Waals surface area contributed by atoms with Crippen LogP contribution < -0.4 is 4.74 Å². The molecule has 2 unspecified atom stereocenters. The molecule has 0 spiro atoms. The van der Waals surface area contributed by atoms with E-state index in [2.05, 4.69) is 15.9 Å².